The van der Waals surface area contributed by atoms with Crippen LogP contribution in [0.1, 0.15) is 23.2 Å². The van der Waals surface area contributed by atoms with Crippen LogP contribution in [0.15, 0.2) is 70.0 Å². The van der Waals surface area contributed by atoms with Gasteiger partial charge >= 0.3 is 0 Å². The lowest BCUT2D eigenvalue weighted by Crippen LogP contribution is -2.10. The first-order chi connectivity index (χ1) is 13.0. The molecular formula is C20H18ClNO4S. The second-order valence-electron chi connectivity index (χ2n) is 5.62. The van der Waals surface area contributed by atoms with E-state index < -0.39 is 10.8 Å². The zero-order valence-corrected chi connectivity index (χ0v) is 16.2. The van der Waals surface area contributed by atoms with E-state index in [2.05, 4.69) is 5.32 Å². The Bertz CT molecular complexity index is 935. The zero-order chi connectivity index (χ0) is 19.2. The van der Waals surface area contributed by atoms with Gasteiger partial charge in [-0.2, -0.15) is 0 Å². The van der Waals surface area contributed by atoms with Gasteiger partial charge in [-0.3, -0.25) is 9.00 Å². The Morgan fingerprint density at radius 1 is 1.07 bits per heavy atom. The van der Waals surface area contributed by atoms with Crippen molar-refractivity contribution < 1.29 is 18.2 Å². The van der Waals surface area contributed by atoms with Gasteiger partial charge in [-0.25, -0.2) is 0 Å². The molecule has 0 saturated carbocycles. The van der Waals surface area contributed by atoms with Crippen molar-refractivity contribution in [1.29, 1.82) is 0 Å². The normalized spacial score (nSPS) is 11.8. The van der Waals surface area contributed by atoms with Gasteiger partial charge in [-0.05, 0) is 67.6 Å². The SMILES string of the molecule is CCOc1ccc(NC(=O)c2ccc(CS(=O)c3ccc(Cl)cc3)o2)cc1. The molecule has 1 atom stereocenters. The molecule has 0 aliphatic heterocycles. The zero-order valence-electron chi connectivity index (χ0n) is 14.6. The molecule has 1 unspecified atom stereocenters. The molecule has 0 aliphatic rings. The topological polar surface area (TPSA) is 68.5 Å². The summed E-state index contributed by atoms with van der Waals surface area (Å²) in [6, 6.07) is 17.1. The standard InChI is InChI=1S/C20H18ClNO4S/c1-2-25-16-7-5-15(6-8-16)22-20(23)19-12-9-17(26-19)13-27(24)18-10-3-14(21)4-11-18/h3-12H,2,13H2,1H3,(H,22,23). The van der Waals surface area contributed by atoms with Crippen LogP contribution in [-0.4, -0.2) is 16.7 Å². The lowest BCUT2D eigenvalue weighted by Gasteiger charge is -2.06. The summed E-state index contributed by atoms with van der Waals surface area (Å²) in [7, 11) is -1.28. The van der Waals surface area contributed by atoms with E-state index in [1.54, 1.807) is 60.7 Å². The van der Waals surface area contributed by atoms with Gasteiger partial charge in [0.05, 0.1) is 23.2 Å². The highest BCUT2D eigenvalue weighted by Gasteiger charge is 2.14. The largest absolute Gasteiger partial charge is 0.494 e. The Morgan fingerprint density at radius 2 is 1.78 bits per heavy atom. The van der Waals surface area contributed by atoms with Gasteiger partial charge in [-0.1, -0.05) is 11.6 Å². The molecule has 1 amide bonds. The first kappa shape index (κ1) is 19.2. The van der Waals surface area contributed by atoms with Gasteiger partial charge in [0.1, 0.15) is 11.5 Å². The molecule has 3 aromatic rings. The predicted octanol–water partition coefficient (Wildman–Crippen LogP) is 4.89. The van der Waals surface area contributed by atoms with Gasteiger partial charge in [0.25, 0.3) is 5.91 Å². The summed E-state index contributed by atoms with van der Waals surface area (Å²) in [5.41, 5.74) is 0.631. The van der Waals surface area contributed by atoms with Crippen LogP contribution in [-0.2, 0) is 16.6 Å². The van der Waals surface area contributed by atoms with E-state index in [4.69, 9.17) is 20.8 Å². The number of hydrogen-bond acceptors (Lipinski definition) is 4. The van der Waals surface area contributed by atoms with E-state index in [1.165, 1.54) is 0 Å². The highest BCUT2D eigenvalue weighted by Crippen LogP contribution is 2.19. The highest BCUT2D eigenvalue weighted by atomic mass is 35.5. The second kappa shape index (κ2) is 8.88. The van der Waals surface area contributed by atoms with Crippen molar-refractivity contribution >= 4 is 34.0 Å². The number of benzene rings is 2. The summed E-state index contributed by atoms with van der Waals surface area (Å²) in [6.45, 7) is 2.49. The average Bonchev–Trinajstić information content (AvgIpc) is 3.13. The van der Waals surface area contributed by atoms with Crippen LogP contribution >= 0.6 is 11.6 Å². The monoisotopic (exact) mass is 403 g/mol. The first-order valence-electron chi connectivity index (χ1n) is 8.32. The number of furan rings is 1. The van der Waals surface area contributed by atoms with Crippen molar-refractivity contribution in [3.8, 4) is 5.75 Å². The van der Waals surface area contributed by atoms with Crippen molar-refractivity contribution in [1.82, 2.24) is 0 Å². The van der Waals surface area contributed by atoms with Crippen LogP contribution in [0.3, 0.4) is 0 Å². The third-order valence-corrected chi connectivity index (χ3v) is 5.26. The van der Waals surface area contributed by atoms with Crippen molar-refractivity contribution in [2.75, 3.05) is 11.9 Å². The number of carbonyl (C=O) groups is 1. The number of ether oxygens (including phenoxy) is 1. The molecular weight excluding hydrogens is 386 g/mol. The van der Waals surface area contributed by atoms with Crippen LogP contribution in [0.5, 0.6) is 5.75 Å². The maximum Gasteiger partial charge on any atom is 0.291 e. The van der Waals surface area contributed by atoms with E-state index in [9.17, 15) is 9.00 Å². The van der Waals surface area contributed by atoms with Gasteiger partial charge in [0.2, 0.25) is 0 Å². The molecule has 0 bridgehead atoms. The summed E-state index contributed by atoms with van der Waals surface area (Å²) in [5, 5.41) is 3.34. The number of halogens is 1. The molecule has 0 spiro atoms. The van der Waals surface area contributed by atoms with E-state index in [0.717, 1.165) is 5.75 Å². The van der Waals surface area contributed by atoms with Gasteiger partial charge in [0.15, 0.2) is 5.76 Å². The predicted molar refractivity (Wildman–Crippen MR) is 106 cm³/mol. The molecule has 27 heavy (non-hydrogen) atoms. The third kappa shape index (κ3) is 5.21. The molecule has 2 aromatic carbocycles. The van der Waals surface area contributed by atoms with Gasteiger partial charge < -0.3 is 14.5 Å². The Morgan fingerprint density at radius 3 is 2.44 bits per heavy atom. The lowest BCUT2D eigenvalue weighted by molar-refractivity contribution is 0.0995. The summed E-state index contributed by atoms with van der Waals surface area (Å²) in [6.07, 6.45) is 0. The summed E-state index contributed by atoms with van der Waals surface area (Å²) < 4.78 is 23.3. The molecule has 1 heterocycles. The third-order valence-electron chi connectivity index (χ3n) is 3.66. The van der Waals surface area contributed by atoms with Crippen LogP contribution in [0, 0.1) is 0 Å². The summed E-state index contributed by atoms with van der Waals surface area (Å²) in [4.78, 5) is 13.0. The molecule has 1 aromatic heterocycles. The Hall–Kier alpha value is -2.57. The molecule has 5 nitrogen and oxygen atoms in total. The van der Waals surface area contributed by atoms with E-state index in [1.807, 2.05) is 6.92 Å². The number of carbonyl (C=O) groups excluding carboxylic acids is 1. The minimum atomic E-state index is -1.28. The summed E-state index contributed by atoms with van der Waals surface area (Å²) in [5.74, 6) is 1.17. The average molecular weight is 404 g/mol. The van der Waals surface area contributed by atoms with Gasteiger partial charge in [-0.15, -0.1) is 0 Å². The van der Waals surface area contributed by atoms with E-state index in [0.29, 0.717) is 28.0 Å². The maximum atomic E-state index is 12.4. The molecule has 0 radical (unpaired) electrons. The molecule has 0 saturated heterocycles. The highest BCUT2D eigenvalue weighted by molar-refractivity contribution is 7.84. The molecule has 7 heteroatoms. The quantitative estimate of drug-likeness (QED) is 0.609. The van der Waals surface area contributed by atoms with Crippen molar-refractivity contribution in [2.24, 2.45) is 0 Å². The maximum absolute atomic E-state index is 12.4. The summed E-state index contributed by atoms with van der Waals surface area (Å²) >= 11 is 5.84. The fraction of sp³-hybridized carbons (Fsp3) is 0.150. The first-order valence-corrected chi connectivity index (χ1v) is 10.0. The van der Waals surface area contributed by atoms with Crippen molar-refractivity contribution in [2.45, 2.75) is 17.6 Å². The van der Waals surface area contributed by atoms with Crippen molar-refractivity contribution in [3.05, 3.63) is 77.2 Å². The fourth-order valence-corrected chi connectivity index (χ4v) is 3.52. The van der Waals surface area contributed by atoms with E-state index >= 15 is 0 Å². The Kier molecular flexibility index (Phi) is 6.32. The fourth-order valence-electron chi connectivity index (χ4n) is 2.37. The Balaban J connectivity index is 1.61. The van der Waals surface area contributed by atoms with Crippen LogP contribution < -0.4 is 10.1 Å². The number of amides is 1. The minimum Gasteiger partial charge on any atom is -0.494 e. The van der Waals surface area contributed by atoms with E-state index in [-0.39, 0.29) is 17.4 Å². The molecule has 0 fully saturated rings. The van der Waals surface area contributed by atoms with Crippen LogP contribution in [0.2, 0.25) is 5.02 Å². The van der Waals surface area contributed by atoms with Gasteiger partial charge in [0, 0.05) is 15.6 Å². The van der Waals surface area contributed by atoms with Crippen LogP contribution in [0.4, 0.5) is 5.69 Å². The number of hydrogen-bond donors (Lipinski definition) is 1. The van der Waals surface area contributed by atoms with Crippen molar-refractivity contribution in [3.63, 3.8) is 0 Å². The number of anilines is 1. The molecule has 3 rings (SSSR count). The smallest absolute Gasteiger partial charge is 0.291 e. The molecule has 140 valence electrons. The van der Waals surface area contributed by atoms with Crippen LogP contribution in [0.25, 0.3) is 0 Å². The Labute approximate surface area is 164 Å². The molecule has 1 N–H and O–H groups in total. The lowest BCUT2D eigenvalue weighted by atomic mass is 10.3. The molecule has 0 aliphatic carbocycles. The minimum absolute atomic E-state index is 0.159. The second-order valence-corrected chi connectivity index (χ2v) is 7.51. The number of nitrogens with one attached hydrogen (secondary N) is 1. The number of rotatable bonds is 7.